The maximum absolute atomic E-state index is 13.6. The SMILES string of the molecule is CC(c1cc(C2CCCCC2)c(O)cc1C(F)(F)F)N1CCNCC1. The molecule has 140 valence electrons. The molecule has 6 heteroatoms. The number of piperazine rings is 1. The number of alkyl halides is 3. The Morgan fingerprint density at radius 1 is 1.12 bits per heavy atom. The van der Waals surface area contributed by atoms with Crippen LogP contribution in [0.1, 0.15) is 67.7 Å². The van der Waals surface area contributed by atoms with Gasteiger partial charge in [0.25, 0.3) is 0 Å². The molecule has 1 heterocycles. The highest BCUT2D eigenvalue weighted by Gasteiger charge is 2.37. The molecule has 2 N–H and O–H groups in total. The number of benzene rings is 1. The first-order valence-corrected chi connectivity index (χ1v) is 9.26. The normalized spacial score (nSPS) is 22.1. The van der Waals surface area contributed by atoms with E-state index in [0.717, 1.165) is 57.9 Å². The molecule has 0 bridgehead atoms. The quantitative estimate of drug-likeness (QED) is 0.841. The Kier molecular flexibility index (Phi) is 5.58. The van der Waals surface area contributed by atoms with Gasteiger partial charge in [-0.2, -0.15) is 13.2 Å². The highest BCUT2D eigenvalue weighted by molar-refractivity contribution is 5.46. The molecule has 0 radical (unpaired) electrons. The molecule has 3 nitrogen and oxygen atoms in total. The van der Waals surface area contributed by atoms with Crippen LogP contribution in [0.3, 0.4) is 0 Å². The molecule has 1 atom stereocenters. The number of hydrogen-bond donors (Lipinski definition) is 2. The number of nitrogens with zero attached hydrogens (tertiary/aromatic N) is 1. The topological polar surface area (TPSA) is 35.5 Å². The molecule has 0 spiro atoms. The number of aromatic hydroxyl groups is 1. The molecular formula is C19H27F3N2O. The zero-order valence-electron chi connectivity index (χ0n) is 14.7. The highest BCUT2D eigenvalue weighted by Crippen LogP contribution is 2.44. The van der Waals surface area contributed by atoms with E-state index in [2.05, 4.69) is 10.2 Å². The molecule has 1 saturated heterocycles. The van der Waals surface area contributed by atoms with Crippen LogP contribution in [0.2, 0.25) is 0 Å². The Morgan fingerprint density at radius 3 is 2.36 bits per heavy atom. The average Bonchev–Trinajstić information content (AvgIpc) is 2.61. The van der Waals surface area contributed by atoms with Gasteiger partial charge in [0.05, 0.1) is 5.56 Å². The summed E-state index contributed by atoms with van der Waals surface area (Å²) in [6, 6.07) is 2.28. The van der Waals surface area contributed by atoms with Gasteiger partial charge < -0.3 is 10.4 Å². The Labute approximate surface area is 147 Å². The average molecular weight is 356 g/mol. The number of halogens is 3. The molecule has 3 rings (SSSR count). The van der Waals surface area contributed by atoms with Gasteiger partial charge >= 0.3 is 6.18 Å². The van der Waals surface area contributed by atoms with Crippen LogP contribution < -0.4 is 5.32 Å². The smallest absolute Gasteiger partial charge is 0.416 e. The van der Waals surface area contributed by atoms with E-state index >= 15 is 0 Å². The van der Waals surface area contributed by atoms with Crippen LogP contribution in [0.4, 0.5) is 13.2 Å². The van der Waals surface area contributed by atoms with E-state index in [0.29, 0.717) is 11.1 Å². The van der Waals surface area contributed by atoms with Crippen molar-refractivity contribution in [1.29, 1.82) is 0 Å². The summed E-state index contributed by atoms with van der Waals surface area (Å²) in [5.41, 5.74) is 0.299. The summed E-state index contributed by atoms with van der Waals surface area (Å²) in [5, 5.41) is 13.5. The van der Waals surface area contributed by atoms with Crippen molar-refractivity contribution in [2.45, 2.75) is 57.2 Å². The Hall–Kier alpha value is -1.27. The maximum Gasteiger partial charge on any atom is 0.416 e. The minimum absolute atomic E-state index is 0.171. The fraction of sp³-hybridized carbons (Fsp3) is 0.684. The first kappa shape index (κ1) is 18.5. The molecule has 0 amide bonds. The molecular weight excluding hydrogens is 329 g/mol. The summed E-state index contributed by atoms with van der Waals surface area (Å²) >= 11 is 0. The van der Waals surface area contributed by atoms with E-state index in [1.165, 1.54) is 6.42 Å². The van der Waals surface area contributed by atoms with Crippen molar-refractivity contribution >= 4 is 0 Å². The molecule has 0 aromatic heterocycles. The summed E-state index contributed by atoms with van der Waals surface area (Å²) in [5.74, 6) is -0.0273. The minimum atomic E-state index is -4.46. The van der Waals surface area contributed by atoms with Crippen LogP contribution in [0.25, 0.3) is 0 Å². The van der Waals surface area contributed by atoms with Crippen molar-refractivity contribution in [3.8, 4) is 5.75 Å². The van der Waals surface area contributed by atoms with E-state index in [4.69, 9.17) is 0 Å². The third kappa shape index (κ3) is 4.11. The van der Waals surface area contributed by atoms with Gasteiger partial charge in [-0.15, -0.1) is 0 Å². The highest BCUT2D eigenvalue weighted by atomic mass is 19.4. The van der Waals surface area contributed by atoms with Gasteiger partial charge in [0.1, 0.15) is 5.75 Å². The predicted octanol–water partition coefficient (Wildman–Crippen LogP) is 4.42. The van der Waals surface area contributed by atoms with Gasteiger partial charge in [-0.25, -0.2) is 0 Å². The Bertz CT molecular complexity index is 591. The lowest BCUT2D eigenvalue weighted by Gasteiger charge is -2.35. The molecule has 1 aromatic carbocycles. The number of phenolic OH excluding ortho intramolecular Hbond substituents is 1. The Balaban J connectivity index is 1.99. The van der Waals surface area contributed by atoms with Gasteiger partial charge in [0, 0.05) is 32.2 Å². The number of hydrogen-bond acceptors (Lipinski definition) is 3. The molecule has 2 fully saturated rings. The number of phenols is 1. The van der Waals surface area contributed by atoms with E-state index in [-0.39, 0.29) is 17.7 Å². The second-order valence-electron chi connectivity index (χ2n) is 7.29. The van der Waals surface area contributed by atoms with Crippen LogP contribution in [0.15, 0.2) is 12.1 Å². The van der Waals surface area contributed by atoms with Gasteiger partial charge in [0.2, 0.25) is 0 Å². The van der Waals surface area contributed by atoms with Crippen LogP contribution in [0.5, 0.6) is 5.75 Å². The zero-order chi connectivity index (χ0) is 18.0. The first-order valence-electron chi connectivity index (χ1n) is 9.26. The second-order valence-corrected chi connectivity index (χ2v) is 7.29. The summed E-state index contributed by atoms with van der Waals surface area (Å²) < 4.78 is 40.8. The van der Waals surface area contributed by atoms with E-state index < -0.39 is 11.7 Å². The van der Waals surface area contributed by atoms with Gasteiger partial charge in [0.15, 0.2) is 0 Å². The van der Waals surface area contributed by atoms with Gasteiger partial charge in [-0.3, -0.25) is 4.90 Å². The van der Waals surface area contributed by atoms with Gasteiger partial charge in [-0.1, -0.05) is 19.3 Å². The van der Waals surface area contributed by atoms with E-state index in [1.807, 2.05) is 6.92 Å². The summed E-state index contributed by atoms with van der Waals surface area (Å²) in [6.07, 6.45) is 0.754. The standard InChI is InChI=1S/C19H27F3N2O/c1-13(24-9-7-23-8-10-24)15-11-16(14-5-3-2-4-6-14)18(25)12-17(15)19(20,21)22/h11-14,23,25H,2-10H2,1H3. The van der Waals surface area contributed by atoms with Crippen LogP contribution in [0, 0.1) is 0 Å². The van der Waals surface area contributed by atoms with Crippen LogP contribution in [-0.4, -0.2) is 36.2 Å². The van der Waals surface area contributed by atoms with Crippen molar-refractivity contribution in [2.24, 2.45) is 0 Å². The second kappa shape index (κ2) is 7.54. The largest absolute Gasteiger partial charge is 0.508 e. The van der Waals surface area contributed by atoms with Crippen molar-refractivity contribution in [1.82, 2.24) is 10.2 Å². The minimum Gasteiger partial charge on any atom is -0.508 e. The lowest BCUT2D eigenvalue weighted by Crippen LogP contribution is -2.44. The third-order valence-electron chi connectivity index (χ3n) is 5.70. The van der Waals surface area contributed by atoms with E-state index in [1.54, 1.807) is 6.07 Å². The van der Waals surface area contributed by atoms with Crippen molar-refractivity contribution in [2.75, 3.05) is 26.2 Å². The fourth-order valence-electron chi connectivity index (χ4n) is 4.22. The maximum atomic E-state index is 13.6. The molecule has 1 aromatic rings. The summed E-state index contributed by atoms with van der Waals surface area (Å²) in [4.78, 5) is 2.09. The number of rotatable bonds is 3. The van der Waals surface area contributed by atoms with Crippen LogP contribution >= 0.6 is 0 Å². The van der Waals surface area contributed by atoms with Crippen LogP contribution in [-0.2, 0) is 6.18 Å². The Morgan fingerprint density at radius 2 is 1.76 bits per heavy atom. The predicted molar refractivity (Wildman–Crippen MR) is 91.8 cm³/mol. The van der Waals surface area contributed by atoms with Crippen molar-refractivity contribution in [3.05, 3.63) is 28.8 Å². The van der Waals surface area contributed by atoms with Crippen molar-refractivity contribution in [3.63, 3.8) is 0 Å². The molecule has 25 heavy (non-hydrogen) atoms. The van der Waals surface area contributed by atoms with Crippen molar-refractivity contribution < 1.29 is 18.3 Å². The zero-order valence-corrected chi connectivity index (χ0v) is 14.7. The lowest BCUT2D eigenvalue weighted by atomic mass is 9.81. The summed E-state index contributed by atoms with van der Waals surface area (Å²) in [6.45, 7) is 4.90. The third-order valence-corrected chi connectivity index (χ3v) is 5.70. The molecule has 1 aliphatic heterocycles. The fourth-order valence-corrected chi connectivity index (χ4v) is 4.22. The van der Waals surface area contributed by atoms with E-state index in [9.17, 15) is 18.3 Å². The molecule has 1 unspecified atom stereocenters. The monoisotopic (exact) mass is 356 g/mol. The first-order chi connectivity index (χ1) is 11.9. The summed E-state index contributed by atoms with van der Waals surface area (Å²) in [7, 11) is 0. The molecule has 1 saturated carbocycles. The van der Waals surface area contributed by atoms with Gasteiger partial charge in [-0.05, 0) is 48.9 Å². The molecule has 2 aliphatic rings. The number of nitrogens with one attached hydrogen (secondary N) is 1. The lowest BCUT2D eigenvalue weighted by molar-refractivity contribution is -0.138. The molecule has 1 aliphatic carbocycles.